The molecule has 1 saturated carbocycles. The molecule has 42 heavy (non-hydrogen) atoms. The summed E-state index contributed by atoms with van der Waals surface area (Å²) in [6.45, 7) is 0.418. The number of alkyl carbamates (subject to hydrolysis) is 1. The number of fused-ring (bicyclic) bond motifs is 3. The zero-order valence-corrected chi connectivity index (χ0v) is 23.2. The summed E-state index contributed by atoms with van der Waals surface area (Å²) >= 11 is 0. The topological polar surface area (TPSA) is 122 Å². The highest BCUT2D eigenvalue weighted by atomic mass is 16.5. The molecule has 1 fully saturated rings. The lowest BCUT2D eigenvalue weighted by Crippen LogP contribution is -2.51. The molecule has 3 aromatic carbocycles. The van der Waals surface area contributed by atoms with Crippen LogP contribution in [0.1, 0.15) is 48.3 Å². The summed E-state index contributed by atoms with van der Waals surface area (Å²) in [5, 5.41) is 11.8. The molecule has 2 amide bonds. The number of rotatable bonds is 13. The molecule has 1 atom stereocenters. The molecule has 0 spiro atoms. The number of carboxylic acids is 1. The van der Waals surface area contributed by atoms with E-state index in [4.69, 9.17) is 9.47 Å². The lowest BCUT2D eigenvalue weighted by molar-refractivity contribution is -0.149. The average Bonchev–Trinajstić information content (AvgIpc) is 3.77. The van der Waals surface area contributed by atoms with Crippen molar-refractivity contribution in [3.63, 3.8) is 0 Å². The van der Waals surface area contributed by atoms with E-state index < -0.39 is 36.4 Å². The second-order valence-corrected chi connectivity index (χ2v) is 10.7. The second-order valence-electron chi connectivity index (χ2n) is 10.7. The minimum atomic E-state index is -1.27. The first kappa shape index (κ1) is 28.9. The van der Waals surface area contributed by atoms with Gasteiger partial charge < -0.3 is 24.8 Å². The van der Waals surface area contributed by atoms with Gasteiger partial charge >= 0.3 is 18.0 Å². The van der Waals surface area contributed by atoms with E-state index in [0.717, 1.165) is 40.7 Å². The Morgan fingerprint density at radius 2 is 1.48 bits per heavy atom. The number of ether oxygens (including phenoxy) is 2. The fraction of sp³-hybridized carbons (Fsp3) is 0.333. The summed E-state index contributed by atoms with van der Waals surface area (Å²) in [6, 6.07) is 23.8. The monoisotopic (exact) mass is 570 g/mol. The maximum Gasteiger partial charge on any atom is 0.407 e. The Morgan fingerprint density at radius 1 is 0.857 bits per heavy atom. The Morgan fingerprint density at radius 3 is 2.10 bits per heavy atom. The highest BCUT2D eigenvalue weighted by Gasteiger charge is 2.34. The van der Waals surface area contributed by atoms with Gasteiger partial charge in [0.15, 0.2) is 0 Å². The molecular formula is C33H34N2O7. The highest BCUT2D eigenvalue weighted by molar-refractivity contribution is 5.90. The van der Waals surface area contributed by atoms with Crippen molar-refractivity contribution < 1.29 is 33.8 Å². The number of nitrogens with zero attached hydrogens (tertiary/aromatic N) is 1. The Balaban J connectivity index is 1.27. The van der Waals surface area contributed by atoms with Crippen LogP contribution in [-0.2, 0) is 30.5 Å². The standard InChI is InChI=1S/C33H34N2O7/c36-30(37)16-17-35(19-22-14-15-22)32(39)29(18-31(38)41-20-23-8-2-1-3-9-23)34-33(40)42-21-28-26-12-6-4-10-24(26)25-11-5-7-13-27(25)28/h1-13,22,28-29H,14-21H2,(H,34,40)(H,36,37)/t29-/m0/s1. The highest BCUT2D eigenvalue weighted by Crippen LogP contribution is 2.44. The minimum Gasteiger partial charge on any atom is -0.481 e. The first-order valence-corrected chi connectivity index (χ1v) is 14.2. The number of carbonyl (C=O) groups is 4. The van der Waals surface area contributed by atoms with Gasteiger partial charge in [0.25, 0.3) is 0 Å². The molecule has 0 radical (unpaired) electrons. The van der Waals surface area contributed by atoms with Gasteiger partial charge in [-0.2, -0.15) is 0 Å². The van der Waals surface area contributed by atoms with Gasteiger partial charge in [0.2, 0.25) is 5.91 Å². The van der Waals surface area contributed by atoms with E-state index in [2.05, 4.69) is 5.32 Å². The molecular weight excluding hydrogens is 536 g/mol. The normalized spacial score (nSPS) is 14.3. The van der Waals surface area contributed by atoms with Gasteiger partial charge in [-0.1, -0.05) is 78.9 Å². The third-order valence-electron chi connectivity index (χ3n) is 7.63. The van der Waals surface area contributed by atoms with E-state index in [0.29, 0.717) is 6.54 Å². The van der Waals surface area contributed by atoms with Crippen LogP contribution >= 0.6 is 0 Å². The van der Waals surface area contributed by atoms with Crippen molar-refractivity contribution in [1.82, 2.24) is 10.2 Å². The molecule has 0 aliphatic heterocycles. The number of carboxylic acid groups (broad SMARTS) is 1. The van der Waals surface area contributed by atoms with Crippen LogP contribution in [-0.4, -0.2) is 59.7 Å². The van der Waals surface area contributed by atoms with E-state index in [1.54, 1.807) is 0 Å². The Bertz CT molecular complexity index is 1390. The SMILES string of the molecule is O=C(O)CCN(CC1CC1)C(=O)[C@H](CC(=O)OCc1ccccc1)NC(=O)OCC1c2ccccc2-c2ccccc21. The number of hydrogen-bond acceptors (Lipinski definition) is 6. The Kier molecular flexibility index (Phi) is 9.16. The number of hydrogen-bond donors (Lipinski definition) is 2. The van der Waals surface area contributed by atoms with E-state index in [9.17, 15) is 24.3 Å². The molecule has 3 aromatic rings. The molecule has 9 heteroatoms. The molecule has 0 heterocycles. The van der Waals surface area contributed by atoms with Crippen LogP contribution < -0.4 is 5.32 Å². The lowest BCUT2D eigenvalue weighted by Gasteiger charge is -2.27. The molecule has 0 saturated heterocycles. The second kappa shape index (κ2) is 13.3. The number of benzene rings is 3. The Labute approximate surface area is 244 Å². The predicted molar refractivity (Wildman–Crippen MR) is 154 cm³/mol. The average molecular weight is 571 g/mol. The molecule has 2 N–H and O–H groups in total. The number of amides is 2. The van der Waals surface area contributed by atoms with Gasteiger partial charge in [0.1, 0.15) is 19.3 Å². The molecule has 9 nitrogen and oxygen atoms in total. The van der Waals surface area contributed by atoms with Crippen molar-refractivity contribution in [3.8, 4) is 11.1 Å². The van der Waals surface area contributed by atoms with Crippen molar-refractivity contribution in [1.29, 1.82) is 0 Å². The third-order valence-corrected chi connectivity index (χ3v) is 7.63. The summed E-state index contributed by atoms with van der Waals surface area (Å²) in [6.07, 6.45) is 0.398. The van der Waals surface area contributed by atoms with Gasteiger partial charge in [-0.3, -0.25) is 14.4 Å². The fourth-order valence-electron chi connectivity index (χ4n) is 5.30. The van der Waals surface area contributed by atoms with E-state index in [-0.39, 0.29) is 38.0 Å². The summed E-state index contributed by atoms with van der Waals surface area (Å²) in [5.41, 5.74) is 5.06. The number of nitrogens with one attached hydrogen (secondary N) is 1. The zero-order valence-electron chi connectivity index (χ0n) is 23.2. The zero-order chi connectivity index (χ0) is 29.5. The molecule has 0 bridgehead atoms. The molecule has 0 aromatic heterocycles. The maximum atomic E-state index is 13.6. The third kappa shape index (κ3) is 7.34. The Hall–Kier alpha value is -4.66. The van der Waals surface area contributed by atoms with Crippen molar-refractivity contribution in [3.05, 3.63) is 95.6 Å². The lowest BCUT2D eigenvalue weighted by atomic mass is 9.98. The van der Waals surface area contributed by atoms with Crippen LogP contribution in [0.25, 0.3) is 11.1 Å². The maximum absolute atomic E-state index is 13.6. The van der Waals surface area contributed by atoms with Crippen LogP contribution in [0.2, 0.25) is 0 Å². The molecule has 218 valence electrons. The van der Waals surface area contributed by atoms with Gasteiger partial charge in [-0.25, -0.2) is 4.79 Å². The van der Waals surface area contributed by atoms with Gasteiger partial charge in [-0.05, 0) is 46.6 Å². The largest absolute Gasteiger partial charge is 0.481 e. The molecule has 2 aliphatic carbocycles. The van der Waals surface area contributed by atoms with Crippen molar-refractivity contribution in [2.24, 2.45) is 5.92 Å². The summed E-state index contributed by atoms with van der Waals surface area (Å²) in [4.78, 5) is 52.2. The predicted octanol–water partition coefficient (Wildman–Crippen LogP) is 4.74. The first-order valence-electron chi connectivity index (χ1n) is 14.2. The van der Waals surface area contributed by atoms with E-state index in [1.165, 1.54) is 4.90 Å². The van der Waals surface area contributed by atoms with Crippen molar-refractivity contribution in [2.75, 3.05) is 19.7 Å². The number of esters is 1. The smallest absolute Gasteiger partial charge is 0.407 e. The van der Waals surface area contributed by atoms with Crippen LogP contribution in [0.4, 0.5) is 4.79 Å². The van der Waals surface area contributed by atoms with Crippen LogP contribution in [0.3, 0.4) is 0 Å². The number of carbonyl (C=O) groups excluding carboxylic acids is 3. The van der Waals surface area contributed by atoms with Crippen LogP contribution in [0.5, 0.6) is 0 Å². The summed E-state index contributed by atoms with van der Waals surface area (Å²) in [5.74, 6) is -2.13. The van der Waals surface area contributed by atoms with E-state index >= 15 is 0 Å². The van der Waals surface area contributed by atoms with Crippen molar-refractivity contribution >= 4 is 23.9 Å². The van der Waals surface area contributed by atoms with Crippen LogP contribution in [0.15, 0.2) is 78.9 Å². The van der Waals surface area contributed by atoms with Gasteiger partial charge in [-0.15, -0.1) is 0 Å². The van der Waals surface area contributed by atoms with Crippen molar-refractivity contribution in [2.45, 2.75) is 44.2 Å². The quantitative estimate of drug-likeness (QED) is 0.285. The summed E-state index contributed by atoms with van der Waals surface area (Å²) in [7, 11) is 0. The van der Waals surface area contributed by atoms with Gasteiger partial charge in [0.05, 0.1) is 12.8 Å². The molecule has 2 aliphatic rings. The molecule has 5 rings (SSSR count). The minimum absolute atomic E-state index is 0.0212. The van der Waals surface area contributed by atoms with Crippen LogP contribution in [0, 0.1) is 5.92 Å². The summed E-state index contributed by atoms with van der Waals surface area (Å²) < 4.78 is 11.0. The van der Waals surface area contributed by atoms with E-state index in [1.807, 2.05) is 78.9 Å². The first-order chi connectivity index (χ1) is 20.4. The van der Waals surface area contributed by atoms with Gasteiger partial charge in [0, 0.05) is 19.0 Å². The number of aliphatic carboxylic acids is 1. The fourth-order valence-corrected chi connectivity index (χ4v) is 5.30. The molecule has 0 unspecified atom stereocenters.